The van der Waals surface area contributed by atoms with Crippen molar-refractivity contribution >= 4 is 34.1 Å². The molecule has 7 heteroatoms. The highest BCUT2D eigenvalue weighted by Crippen LogP contribution is 2.30. The van der Waals surface area contributed by atoms with Crippen LogP contribution >= 0.6 is 23.1 Å². The molecule has 1 aliphatic carbocycles. The van der Waals surface area contributed by atoms with E-state index >= 15 is 0 Å². The molecule has 1 fully saturated rings. The molecular weight excluding hydrogens is 316 g/mol. The maximum atomic E-state index is 12.6. The summed E-state index contributed by atoms with van der Waals surface area (Å²) in [7, 11) is 1.94. The number of carbonyl (C=O) groups is 1. The largest absolute Gasteiger partial charge is 0.357 e. The van der Waals surface area contributed by atoms with Crippen molar-refractivity contribution in [1.82, 2.24) is 15.1 Å². The molecule has 0 saturated heterocycles. The standard InChI is InChI=1S/C15H24N4OS2/c1-4-10-16-14-17-18-15(22-14)21-11(2)13(20)19(3)12-8-6-5-7-9-12/h4,11-12H,1,5-10H2,2-3H3,(H,16,17). The summed E-state index contributed by atoms with van der Waals surface area (Å²) in [5.41, 5.74) is 0. The fourth-order valence-corrected chi connectivity index (χ4v) is 4.63. The Morgan fingerprint density at radius 2 is 2.23 bits per heavy atom. The summed E-state index contributed by atoms with van der Waals surface area (Å²) in [4.78, 5) is 14.5. The first-order valence-corrected chi connectivity index (χ1v) is 9.43. The molecule has 22 heavy (non-hydrogen) atoms. The van der Waals surface area contributed by atoms with Gasteiger partial charge in [0.05, 0.1) is 5.25 Å². The van der Waals surface area contributed by atoms with Crippen LogP contribution in [0.5, 0.6) is 0 Å². The Kier molecular flexibility index (Phi) is 6.70. The average molecular weight is 341 g/mol. The summed E-state index contributed by atoms with van der Waals surface area (Å²) in [5, 5.41) is 11.9. The lowest BCUT2D eigenvalue weighted by Gasteiger charge is -2.32. The molecule has 1 atom stereocenters. The fourth-order valence-electron chi connectivity index (χ4n) is 2.62. The lowest BCUT2D eigenvalue weighted by Crippen LogP contribution is -2.42. The minimum absolute atomic E-state index is 0.132. The van der Waals surface area contributed by atoms with Gasteiger partial charge < -0.3 is 10.2 Å². The van der Waals surface area contributed by atoms with Crippen LogP contribution in [0, 0.1) is 0 Å². The predicted molar refractivity (Wildman–Crippen MR) is 93.6 cm³/mol. The molecule has 1 amide bonds. The third-order valence-electron chi connectivity index (χ3n) is 3.90. The highest BCUT2D eigenvalue weighted by atomic mass is 32.2. The average Bonchev–Trinajstić information content (AvgIpc) is 2.99. The monoisotopic (exact) mass is 340 g/mol. The van der Waals surface area contributed by atoms with Crippen LogP contribution in [-0.4, -0.2) is 45.9 Å². The highest BCUT2D eigenvalue weighted by Gasteiger charge is 2.26. The van der Waals surface area contributed by atoms with E-state index in [1.54, 1.807) is 6.08 Å². The Morgan fingerprint density at radius 1 is 1.50 bits per heavy atom. The van der Waals surface area contributed by atoms with Gasteiger partial charge in [0.15, 0.2) is 4.34 Å². The summed E-state index contributed by atoms with van der Waals surface area (Å²) in [6, 6.07) is 0.406. The van der Waals surface area contributed by atoms with Crippen LogP contribution in [0.4, 0.5) is 5.13 Å². The summed E-state index contributed by atoms with van der Waals surface area (Å²) in [6.45, 7) is 6.27. The van der Waals surface area contributed by atoms with Gasteiger partial charge >= 0.3 is 0 Å². The molecule has 1 N–H and O–H groups in total. The molecule has 0 radical (unpaired) electrons. The number of anilines is 1. The van der Waals surface area contributed by atoms with Crippen molar-refractivity contribution in [2.75, 3.05) is 18.9 Å². The quantitative estimate of drug-likeness (QED) is 0.609. The lowest BCUT2D eigenvalue weighted by molar-refractivity contribution is -0.131. The van der Waals surface area contributed by atoms with Crippen LogP contribution in [0.2, 0.25) is 0 Å². The third-order valence-corrected chi connectivity index (χ3v) is 5.95. The minimum atomic E-state index is -0.132. The van der Waals surface area contributed by atoms with E-state index in [0.717, 1.165) is 22.3 Å². The van der Waals surface area contributed by atoms with Gasteiger partial charge in [-0.3, -0.25) is 4.79 Å². The Bertz CT molecular complexity index is 499. The molecule has 0 spiro atoms. The Morgan fingerprint density at radius 3 is 2.91 bits per heavy atom. The Labute approximate surface area is 140 Å². The maximum absolute atomic E-state index is 12.6. The zero-order chi connectivity index (χ0) is 15.9. The van der Waals surface area contributed by atoms with Crippen molar-refractivity contribution in [3.8, 4) is 0 Å². The van der Waals surface area contributed by atoms with Crippen LogP contribution in [0.15, 0.2) is 17.0 Å². The molecule has 1 aliphatic rings. The van der Waals surface area contributed by atoms with E-state index in [2.05, 4.69) is 22.1 Å². The van der Waals surface area contributed by atoms with Crippen LogP contribution in [0.1, 0.15) is 39.0 Å². The van der Waals surface area contributed by atoms with Gasteiger partial charge in [-0.15, -0.1) is 16.8 Å². The maximum Gasteiger partial charge on any atom is 0.235 e. The molecule has 2 rings (SSSR count). The summed E-state index contributed by atoms with van der Waals surface area (Å²) in [5.74, 6) is 0.188. The fraction of sp³-hybridized carbons (Fsp3) is 0.667. The van der Waals surface area contributed by atoms with Gasteiger partial charge in [0.2, 0.25) is 11.0 Å². The number of rotatable bonds is 7. The molecule has 1 unspecified atom stereocenters. The molecular formula is C15H24N4OS2. The topological polar surface area (TPSA) is 58.1 Å². The molecule has 0 aromatic carbocycles. The van der Waals surface area contributed by atoms with Crippen molar-refractivity contribution in [2.24, 2.45) is 0 Å². The Hall–Kier alpha value is -1.08. The van der Waals surface area contributed by atoms with E-state index in [1.807, 2.05) is 18.9 Å². The van der Waals surface area contributed by atoms with Crippen LogP contribution in [0.25, 0.3) is 0 Å². The van der Waals surface area contributed by atoms with Crippen molar-refractivity contribution in [3.05, 3.63) is 12.7 Å². The van der Waals surface area contributed by atoms with Crippen LogP contribution < -0.4 is 5.32 Å². The van der Waals surface area contributed by atoms with Crippen LogP contribution in [-0.2, 0) is 4.79 Å². The van der Waals surface area contributed by atoms with Crippen LogP contribution in [0.3, 0.4) is 0 Å². The molecule has 1 saturated carbocycles. The number of nitrogens with zero attached hydrogens (tertiary/aromatic N) is 3. The van der Waals surface area contributed by atoms with E-state index in [4.69, 9.17) is 0 Å². The second kappa shape index (κ2) is 8.53. The number of hydrogen-bond donors (Lipinski definition) is 1. The number of aromatic nitrogens is 2. The van der Waals surface area contributed by atoms with Crippen molar-refractivity contribution < 1.29 is 4.79 Å². The molecule has 1 heterocycles. The molecule has 5 nitrogen and oxygen atoms in total. The first-order chi connectivity index (χ1) is 10.6. The zero-order valence-electron chi connectivity index (χ0n) is 13.2. The molecule has 1 aromatic heterocycles. The molecule has 122 valence electrons. The predicted octanol–water partition coefficient (Wildman–Crippen LogP) is 3.41. The Balaban J connectivity index is 1.87. The summed E-state index contributed by atoms with van der Waals surface area (Å²) < 4.78 is 0.824. The lowest BCUT2D eigenvalue weighted by atomic mass is 9.94. The first-order valence-electron chi connectivity index (χ1n) is 7.73. The van der Waals surface area contributed by atoms with E-state index in [0.29, 0.717) is 12.6 Å². The second-order valence-electron chi connectivity index (χ2n) is 5.54. The van der Waals surface area contributed by atoms with Gasteiger partial charge in [0, 0.05) is 19.6 Å². The van der Waals surface area contributed by atoms with Crippen molar-refractivity contribution in [3.63, 3.8) is 0 Å². The summed E-state index contributed by atoms with van der Waals surface area (Å²) in [6.07, 6.45) is 7.81. The van der Waals surface area contributed by atoms with Gasteiger partial charge in [-0.25, -0.2) is 0 Å². The molecule has 0 bridgehead atoms. The van der Waals surface area contributed by atoms with Gasteiger partial charge in [0.25, 0.3) is 0 Å². The van der Waals surface area contributed by atoms with E-state index < -0.39 is 0 Å². The normalized spacial score (nSPS) is 17.0. The SMILES string of the molecule is C=CCNc1nnc(SC(C)C(=O)N(C)C2CCCCC2)s1. The van der Waals surface area contributed by atoms with Gasteiger partial charge in [-0.2, -0.15) is 0 Å². The highest BCUT2D eigenvalue weighted by molar-refractivity contribution is 8.02. The second-order valence-corrected chi connectivity index (χ2v) is 8.11. The van der Waals surface area contributed by atoms with E-state index in [1.165, 1.54) is 42.4 Å². The van der Waals surface area contributed by atoms with Gasteiger partial charge in [-0.05, 0) is 19.8 Å². The number of thioether (sulfide) groups is 1. The summed E-state index contributed by atoms with van der Waals surface area (Å²) >= 11 is 2.96. The van der Waals surface area contributed by atoms with E-state index in [-0.39, 0.29) is 11.2 Å². The van der Waals surface area contributed by atoms with E-state index in [9.17, 15) is 4.79 Å². The molecule has 1 aromatic rings. The number of hydrogen-bond acceptors (Lipinski definition) is 6. The number of amides is 1. The minimum Gasteiger partial charge on any atom is -0.357 e. The van der Waals surface area contributed by atoms with Crippen molar-refractivity contribution in [2.45, 2.75) is 54.7 Å². The first kappa shape index (κ1) is 17.3. The van der Waals surface area contributed by atoms with Gasteiger partial charge in [-0.1, -0.05) is 48.4 Å². The molecule has 0 aliphatic heterocycles. The van der Waals surface area contributed by atoms with Gasteiger partial charge in [0.1, 0.15) is 0 Å². The zero-order valence-corrected chi connectivity index (χ0v) is 14.9. The third kappa shape index (κ3) is 4.71. The smallest absolute Gasteiger partial charge is 0.235 e. The number of carbonyl (C=O) groups excluding carboxylic acids is 1. The number of nitrogens with one attached hydrogen (secondary N) is 1. The van der Waals surface area contributed by atoms with Crippen molar-refractivity contribution in [1.29, 1.82) is 0 Å².